The molecule has 5 rings (SSSR count). The Morgan fingerprint density at radius 1 is 1.08 bits per heavy atom. The zero-order chi connectivity index (χ0) is 26.5. The number of rotatable bonds is 9. The van der Waals surface area contributed by atoms with Crippen LogP contribution in [0.25, 0.3) is 22.2 Å². The van der Waals surface area contributed by atoms with Crippen LogP contribution in [0.4, 0.5) is 4.79 Å². The van der Waals surface area contributed by atoms with Crippen LogP contribution >= 0.6 is 23.2 Å². The second-order valence-corrected chi connectivity index (χ2v) is 9.53. The first-order valence-corrected chi connectivity index (χ1v) is 12.9. The number of urea groups is 1. The van der Waals surface area contributed by atoms with Crippen LogP contribution in [0.5, 0.6) is 5.75 Å². The summed E-state index contributed by atoms with van der Waals surface area (Å²) in [6, 6.07) is 20.2. The molecular formula is C28H26Cl2N6O2. The molecule has 0 spiro atoms. The Morgan fingerprint density at radius 2 is 1.92 bits per heavy atom. The van der Waals surface area contributed by atoms with E-state index in [1.54, 1.807) is 24.4 Å². The smallest absolute Gasteiger partial charge is 0.315 e. The van der Waals surface area contributed by atoms with E-state index in [1.165, 1.54) is 0 Å². The Bertz CT molecular complexity index is 1550. The van der Waals surface area contributed by atoms with Gasteiger partial charge in [-0.25, -0.2) is 9.78 Å². The Morgan fingerprint density at radius 3 is 2.74 bits per heavy atom. The largest absolute Gasteiger partial charge is 0.494 e. The number of halogens is 2. The summed E-state index contributed by atoms with van der Waals surface area (Å²) in [7, 11) is 0. The summed E-state index contributed by atoms with van der Waals surface area (Å²) in [5.74, 6) is 1.22. The lowest BCUT2D eigenvalue weighted by Gasteiger charge is -2.18. The molecule has 0 radical (unpaired) electrons. The quantitative estimate of drug-likeness (QED) is 0.170. The third-order valence-corrected chi connectivity index (χ3v) is 6.58. The van der Waals surface area contributed by atoms with Crippen LogP contribution in [0.1, 0.15) is 29.9 Å². The SMILES string of the molecule is CCOc1ccc(Cl)cc1CNC(=O)N[C@@H](Cc1ccccc1)c1nc(-c2ccc3cn[nH]c3c2)c(Cl)[nH]1. The molecule has 0 saturated carbocycles. The third kappa shape index (κ3) is 5.93. The highest BCUT2D eigenvalue weighted by Crippen LogP contribution is 2.30. The molecule has 0 bridgehead atoms. The van der Waals surface area contributed by atoms with Crippen molar-refractivity contribution in [2.45, 2.75) is 25.9 Å². The molecule has 0 unspecified atom stereocenters. The Hall–Kier alpha value is -4.01. The van der Waals surface area contributed by atoms with E-state index in [4.69, 9.17) is 32.9 Å². The fourth-order valence-corrected chi connectivity index (χ4v) is 4.69. The van der Waals surface area contributed by atoms with Gasteiger partial charge in [0.2, 0.25) is 0 Å². The van der Waals surface area contributed by atoms with Crippen LogP contribution in [0.2, 0.25) is 10.2 Å². The molecular weight excluding hydrogens is 523 g/mol. The molecule has 0 saturated heterocycles. The number of imidazole rings is 1. The molecule has 3 aromatic carbocycles. The number of ether oxygens (including phenoxy) is 1. The highest BCUT2D eigenvalue weighted by Gasteiger charge is 2.22. The van der Waals surface area contributed by atoms with Gasteiger partial charge in [-0.3, -0.25) is 5.10 Å². The molecule has 194 valence electrons. The maximum Gasteiger partial charge on any atom is 0.315 e. The normalized spacial score (nSPS) is 11.9. The molecule has 0 aliphatic rings. The van der Waals surface area contributed by atoms with Crippen molar-refractivity contribution >= 4 is 40.1 Å². The first kappa shape index (κ1) is 25.6. The summed E-state index contributed by atoms with van der Waals surface area (Å²) in [5.41, 5.74) is 4.14. The average molecular weight is 549 g/mol. The average Bonchev–Trinajstić information content (AvgIpc) is 3.55. The number of fused-ring (bicyclic) bond motifs is 1. The topological polar surface area (TPSA) is 108 Å². The summed E-state index contributed by atoms with van der Waals surface area (Å²) >= 11 is 12.8. The van der Waals surface area contributed by atoms with E-state index in [2.05, 4.69) is 25.8 Å². The van der Waals surface area contributed by atoms with Crippen molar-refractivity contribution in [3.05, 3.63) is 100 Å². The number of benzene rings is 3. The van der Waals surface area contributed by atoms with Gasteiger partial charge >= 0.3 is 6.03 Å². The predicted octanol–water partition coefficient (Wildman–Crippen LogP) is 6.44. The van der Waals surface area contributed by atoms with Gasteiger partial charge in [0.25, 0.3) is 0 Å². The van der Waals surface area contributed by atoms with Crippen molar-refractivity contribution in [2.24, 2.45) is 0 Å². The van der Waals surface area contributed by atoms with Gasteiger partial charge in [0.1, 0.15) is 22.4 Å². The van der Waals surface area contributed by atoms with Gasteiger partial charge in [-0.05, 0) is 43.2 Å². The fourth-order valence-electron chi connectivity index (χ4n) is 4.24. The van der Waals surface area contributed by atoms with Crippen molar-refractivity contribution < 1.29 is 9.53 Å². The van der Waals surface area contributed by atoms with Crippen LogP contribution in [-0.4, -0.2) is 32.8 Å². The molecule has 5 aromatic rings. The van der Waals surface area contributed by atoms with Crippen molar-refractivity contribution in [3.63, 3.8) is 0 Å². The molecule has 0 aliphatic carbocycles. The summed E-state index contributed by atoms with van der Waals surface area (Å²) < 4.78 is 5.67. The monoisotopic (exact) mass is 548 g/mol. The molecule has 2 amide bonds. The highest BCUT2D eigenvalue weighted by molar-refractivity contribution is 6.32. The van der Waals surface area contributed by atoms with Crippen molar-refractivity contribution in [2.75, 3.05) is 6.61 Å². The molecule has 0 fully saturated rings. The first-order chi connectivity index (χ1) is 18.5. The number of hydrogen-bond acceptors (Lipinski definition) is 4. The zero-order valence-electron chi connectivity index (χ0n) is 20.6. The lowest BCUT2D eigenvalue weighted by atomic mass is 10.1. The number of aromatic nitrogens is 4. The number of carbonyl (C=O) groups excluding carboxylic acids is 1. The van der Waals surface area contributed by atoms with E-state index in [9.17, 15) is 4.79 Å². The van der Waals surface area contributed by atoms with Gasteiger partial charge < -0.3 is 20.4 Å². The highest BCUT2D eigenvalue weighted by atomic mass is 35.5. The Labute approximate surface area is 229 Å². The van der Waals surface area contributed by atoms with E-state index in [0.29, 0.717) is 40.5 Å². The van der Waals surface area contributed by atoms with E-state index in [-0.39, 0.29) is 12.6 Å². The van der Waals surface area contributed by atoms with Crippen LogP contribution in [0, 0.1) is 0 Å². The lowest BCUT2D eigenvalue weighted by Crippen LogP contribution is -2.38. The molecule has 8 nitrogen and oxygen atoms in total. The Kier molecular flexibility index (Phi) is 7.81. The standard InChI is InChI=1S/C28H26Cl2N6O2/c1-2-38-24-11-10-21(29)13-20(24)15-31-28(37)33-23(12-17-6-4-3-5-7-17)27-34-25(26(30)35-27)18-8-9-19-16-32-36-22(19)14-18/h3-11,13-14,16,23H,2,12,15H2,1H3,(H,32,36)(H,34,35)(H2,31,33,37)/t23-/m0/s1. The van der Waals surface area contributed by atoms with Crippen LogP contribution in [-0.2, 0) is 13.0 Å². The van der Waals surface area contributed by atoms with Crippen LogP contribution in [0.15, 0.2) is 72.9 Å². The molecule has 0 aliphatic heterocycles. The predicted molar refractivity (Wildman–Crippen MR) is 150 cm³/mol. The van der Waals surface area contributed by atoms with Crippen LogP contribution < -0.4 is 15.4 Å². The van der Waals surface area contributed by atoms with Gasteiger partial charge in [0.15, 0.2) is 0 Å². The minimum atomic E-state index is -0.467. The first-order valence-electron chi connectivity index (χ1n) is 12.2. The number of aromatic amines is 2. The van der Waals surface area contributed by atoms with Gasteiger partial charge in [-0.1, -0.05) is 65.7 Å². The third-order valence-electron chi connectivity index (χ3n) is 6.07. The van der Waals surface area contributed by atoms with E-state index in [1.807, 2.05) is 55.5 Å². The maximum atomic E-state index is 13.0. The van der Waals surface area contributed by atoms with Gasteiger partial charge in [0, 0.05) is 28.1 Å². The molecule has 1 atom stereocenters. The van der Waals surface area contributed by atoms with Crippen molar-refractivity contribution in [3.8, 4) is 17.0 Å². The molecule has 2 aromatic heterocycles. The summed E-state index contributed by atoms with van der Waals surface area (Å²) in [6.07, 6.45) is 2.27. The zero-order valence-corrected chi connectivity index (χ0v) is 22.1. The second kappa shape index (κ2) is 11.6. The molecule has 2 heterocycles. The number of carbonyl (C=O) groups is 1. The molecule has 10 heteroatoms. The maximum absolute atomic E-state index is 13.0. The number of amides is 2. The van der Waals surface area contributed by atoms with E-state index < -0.39 is 6.04 Å². The summed E-state index contributed by atoms with van der Waals surface area (Å²) in [5, 5.41) is 14.9. The van der Waals surface area contributed by atoms with E-state index in [0.717, 1.165) is 27.6 Å². The number of nitrogens with one attached hydrogen (secondary N) is 4. The Balaban J connectivity index is 1.37. The molecule has 4 N–H and O–H groups in total. The molecule has 38 heavy (non-hydrogen) atoms. The summed E-state index contributed by atoms with van der Waals surface area (Å²) in [4.78, 5) is 21.0. The van der Waals surface area contributed by atoms with Crippen molar-refractivity contribution in [1.82, 2.24) is 30.8 Å². The van der Waals surface area contributed by atoms with Gasteiger partial charge in [-0.2, -0.15) is 5.10 Å². The summed E-state index contributed by atoms with van der Waals surface area (Å²) in [6.45, 7) is 2.66. The number of nitrogens with zero attached hydrogens (tertiary/aromatic N) is 2. The lowest BCUT2D eigenvalue weighted by molar-refractivity contribution is 0.236. The minimum absolute atomic E-state index is 0.244. The number of hydrogen-bond donors (Lipinski definition) is 4. The van der Waals surface area contributed by atoms with Crippen LogP contribution in [0.3, 0.4) is 0 Å². The minimum Gasteiger partial charge on any atom is -0.494 e. The fraction of sp³-hybridized carbons (Fsp3) is 0.179. The number of H-pyrrole nitrogens is 2. The van der Waals surface area contributed by atoms with E-state index >= 15 is 0 Å². The van der Waals surface area contributed by atoms with Gasteiger partial charge in [0.05, 0.1) is 24.4 Å². The second-order valence-electron chi connectivity index (χ2n) is 8.71. The van der Waals surface area contributed by atoms with Gasteiger partial charge in [-0.15, -0.1) is 0 Å². The van der Waals surface area contributed by atoms with Crippen molar-refractivity contribution in [1.29, 1.82) is 0 Å².